The lowest BCUT2D eigenvalue weighted by Gasteiger charge is -2.29. The summed E-state index contributed by atoms with van der Waals surface area (Å²) in [7, 11) is 0. The number of piperidine rings is 1. The molecule has 0 saturated carbocycles. The Bertz CT molecular complexity index is 661. The van der Waals surface area contributed by atoms with E-state index in [0.717, 1.165) is 42.7 Å². The molecule has 1 fully saturated rings. The summed E-state index contributed by atoms with van der Waals surface area (Å²) in [6.45, 7) is 1.79. The number of carbonyl (C=O) groups is 1. The number of nitrogens with one attached hydrogen (secondary N) is 1. The summed E-state index contributed by atoms with van der Waals surface area (Å²) in [4.78, 5) is 16.0. The van der Waals surface area contributed by atoms with Crippen molar-refractivity contribution in [3.8, 4) is 17.0 Å². The molecule has 3 rings (SSSR count). The number of benzene rings is 1. The highest BCUT2D eigenvalue weighted by molar-refractivity contribution is 6.30. The topological polar surface area (TPSA) is 65.6 Å². The number of nitrogens with zero attached hydrogens (tertiary/aromatic N) is 1. The van der Waals surface area contributed by atoms with Gasteiger partial charge in [0, 0.05) is 29.9 Å². The van der Waals surface area contributed by atoms with Crippen molar-refractivity contribution in [2.24, 2.45) is 0 Å². The first-order valence-corrected chi connectivity index (χ1v) is 7.66. The van der Waals surface area contributed by atoms with Crippen molar-refractivity contribution in [2.75, 3.05) is 18.0 Å². The molecule has 0 spiro atoms. The van der Waals surface area contributed by atoms with Gasteiger partial charge in [-0.3, -0.25) is 0 Å². The number of H-pyrrole nitrogens is 1. The number of aromatic nitrogens is 1. The van der Waals surface area contributed by atoms with E-state index in [1.165, 1.54) is 6.42 Å². The SMILES string of the molecule is O=C(O)Oc1[nH]cc(-c2ccc(Cl)cc2)c1N1CCCCC1. The molecule has 6 heteroatoms. The summed E-state index contributed by atoms with van der Waals surface area (Å²) >= 11 is 5.94. The molecule has 1 aliphatic rings. The molecule has 1 aromatic heterocycles. The molecule has 2 aromatic rings. The van der Waals surface area contributed by atoms with Crippen molar-refractivity contribution in [2.45, 2.75) is 19.3 Å². The second-order valence-corrected chi connectivity index (χ2v) is 5.74. The minimum Gasteiger partial charge on any atom is -0.449 e. The second kappa shape index (κ2) is 6.32. The Labute approximate surface area is 133 Å². The first-order chi connectivity index (χ1) is 10.6. The van der Waals surface area contributed by atoms with Gasteiger partial charge in [-0.15, -0.1) is 0 Å². The van der Waals surface area contributed by atoms with E-state index >= 15 is 0 Å². The van der Waals surface area contributed by atoms with Crippen LogP contribution in [0.2, 0.25) is 5.02 Å². The van der Waals surface area contributed by atoms with Crippen LogP contribution in [-0.4, -0.2) is 29.3 Å². The maximum Gasteiger partial charge on any atom is 0.512 e. The molecule has 0 unspecified atom stereocenters. The molecule has 2 N–H and O–H groups in total. The van der Waals surface area contributed by atoms with Crippen LogP contribution in [0.25, 0.3) is 11.1 Å². The fourth-order valence-corrected chi connectivity index (χ4v) is 2.97. The Hall–Kier alpha value is -2.14. The summed E-state index contributed by atoms with van der Waals surface area (Å²) in [6, 6.07) is 7.48. The zero-order valence-electron chi connectivity index (χ0n) is 12.0. The van der Waals surface area contributed by atoms with Gasteiger partial charge in [0.1, 0.15) is 5.69 Å². The Balaban J connectivity index is 2.03. The van der Waals surface area contributed by atoms with Crippen LogP contribution >= 0.6 is 11.6 Å². The Morgan fingerprint density at radius 2 is 1.86 bits per heavy atom. The largest absolute Gasteiger partial charge is 0.512 e. The van der Waals surface area contributed by atoms with Gasteiger partial charge in [0.05, 0.1) is 0 Å². The predicted octanol–water partition coefficient (Wildman–Crippen LogP) is 4.38. The van der Waals surface area contributed by atoms with E-state index in [0.29, 0.717) is 5.02 Å². The maximum atomic E-state index is 10.9. The van der Waals surface area contributed by atoms with Crippen molar-refractivity contribution in [3.63, 3.8) is 0 Å². The number of aromatic amines is 1. The van der Waals surface area contributed by atoms with Gasteiger partial charge in [0.25, 0.3) is 0 Å². The minimum atomic E-state index is -1.32. The van der Waals surface area contributed by atoms with Gasteiger partial charge in [-0.25, -0.2) is 4.79 Å². The molecular formula is C16H17ClN2O3. The quantitative estimate of drug-likeness (QED) is 0.823. The van der Waals surface area contributed by atoms with Crippen LogP contribution in [-0.2, 0) is 0 Å². The van der Waals surface area contributed by atoms with Gasteiger partial charge < -0.3 is 19.7 Å². The number of hydrogen-bond donors (Lipinski definition) is 2. The number of hydrogen-bond acceptors (Lipinski definition) is 3. The molecule has 0 atom stereocenters. The zero-order valence-corrected chi connectivity index (χ0v) is 12.8. The first kappa shape index (κ1) is 14.8. The third kappa shape index (κ3) is 3.04. The molecule has 0 radical (unpaired) electrons. The van der Waals surface area contributed by atoms with Gasteiger partial charge in [0.2, 0.25) is 5.88 Å². The van der Waals surface area contributed by atoms with Gasteiger partial charge in [-0.05, 0) is 37.0 Å². The van der Waals surface area contributed by atoms with Crippen LogP contribution in [0.4, 0.5) is 10.5 Å². The van der Waals surface area contributed by atoms with Crippen molar-refractivity contribution >= 4 is 23.4 Å². The van der Waals surface area contributed by atoms with Crippen LogP contribution in [0.1, 0.15) is 19.3 Å². The van der Waals surface area contributed by atoms with Crippen LogP contribution < -0.4 is 9.64 Å². The number of carboxylic acid groups (broad SMARTS) is 1. The number of ether oxygens (including phenoxy) is 1. The van der Waals surface area contributed by atoms with E-state index in [1.807, 2.05) is 24.3 Å². The molecule has 1 saturated heterocycles. The van der Waals surface area contributed by atoms with Crippen molar-refractivity contribution in [1.82, 2.24) is 4.98 Å². The lowest BCUT2D eigenvalue weighted by Crippen LogP contribution is -2.30. The smallest absolute Gasteiger partial charge is 0.449 e. The van der Waals surface area contributed by atoms with Crippen molar-refractivity contribution < 1.29 is 14.6 Å². The molecule has 116 valence electrons. The molecular weight excluding hydrogens is 304 g/mol. The Kier molecular flexibility index (Phi) is 4.24. The van der Waals surface area contributed by atoms with Gasteiger partial charge in [-0.2, -0.15) is 0 Å². The highest BCUT2D eigenvalue weighted by atomic mass is 35.5. The molecule has 0 bridgehead atoms. The minimum absolute atomic E-state index is 0.277. The molecule has 1 aromatic carbocycles. The summed E-state index contributed by atoms with van der Waals surface area (Å²) in [5.41, 5.74) is 2.71. The number of halogens is 1. The average molecular weight is 321 g/mol. The van der Waals surface area contributed by atoms with Crippen molar-refractivity contribution in [3.05, 3.63) is 35.5 Å². The second-order valence-electron chi connectivity index (χ2n) is 5.30. The number of anilines is 1. The standard InChI is InChI=1S/C16H17ClN2O3/c17-12-6-4-11(5-7-12)13-10-18-15(22-16(20)21)14(13)19-8-2-1-3-9-19/h4-7,10,18H,1-3,8-9H2,(H,20,21). The maximum absolute atomic E-state index is 10.9. The summed E-state index contributed by atoms with van der Waals surface area (Å²) < 4.78 is 4.92. The molecule has 2 heterocycles. The third-order valence-electron chi connectivity index (χ3n) is 3.83. The van der Waals surface area contributed by atoms with E-state index < -0.39 is 6.16 Å². The van der Waals surface area contributed by atoms with Crippen molar-refractivity contribution in [1.29, 1.82) is 0 Å². The van der Waals surface area contributed by atoms with E-state index in [-0.39, 0.29) is 5.88 Å². The summed E-state index contributed by atoms with van der Waals surface area (Å²) in [5, 5.41) is 9.60. The molecule has 5 nitrogen and oxygen atoms in total. The van der Waals surface area contributed by atoms with E-state index in [4.69, 9.17) is 21.4 Å². The van der Waals surface area contributed by atoms with Gasteiger partial charge in [0.15, 0.2) is 0 Å². The van der Waals surface area contributed by atoms with E-state index in [1.54, 1.807) is 6.20 Å². The van der Waals surface area contributed by atoms with Crippen LogP contribution in [0.3, 0.4) is 0 Å². The Morgan fingerprint density at radius 1 is 1.18 bits per heavy atom. The van der Waals surface area contributed by atoms with Crippen LogP contribution in [0.5, 0.6) is 5.88 Å². The molecule has 0 aliphatic carbocycles. The van der Waals surface area contributed by atoms with E-state index in [9.17, 15) is 4.79 Å². The highest BCUT2D eigenvalue weighted by Crippen LogP contribution is 2.40. The summed E-state index contributed by atoms with van der Waals surface area (Å²) in [6.07, 6.45) is 3.86. The van der Waals surface area contributed by atoms with Crippen LogP contribution in [0, 0.1) is 0 Å². The number of rotatable bonds is 3. The highest BCUT2D eigenvalue weighted by Gasteiger charge is 2.23. The molecule has 22 heavy (non-hydrogen) atoms. The predicted molar refractivity (Wildman–Crippen MR) is 86.0 cm³/mol. The molecule has 0 amide bonds. The first-order valence-electron chi connectivity index (χ1n) is 7.28. The van der Waals surface area contributed by atoms with Gasteiger partial charge >= 0.3 is 6.16 Å². The Morgan fingerprint density at radius 3 is 2.50 bits per heavy atom. The zero-order chi connectivity index (χ0) is 15.5. The average Bonchev–Trinajstić information content (AvgIpc) is 2.91. The third-order valence-corrected chi connectivity index (χ3v) is 4.09. The monoisotopic (exact) mass is 320 g/mol. The lowest BCUT2D eigenvalue weighted by atomic mass is 10.0. The van der Waals surface area contributed by atoms with Crippen LogP contribution in [0.15, 0.2) is 30.5 Å². The fraction of sp³-hybridized carbons (Fsp3) is 0.312. The van der Waals surface area contributed by atoms with Gasteiger partial charge in [-0.1, -0.05) is 23.7 Å². The summed E-state index contributed by atoms with van der Waals surface area (Å²) in [5.74, 6) is 0.277. The fourth-order valence-electron chi connectivity index (χ4n) is 2.84. The normalized spacial score (nSPS) is 14.9. The lowest BCUT2D eigenvalue weighted by molar-refractivity contribution is 0.143. The van der Waals surface area contributed by atoms with E-state index in [2.05, 4.69) is 9.88 Å². The molecule has 1 aliphatic heterocycles.